The highest BCUT2D eigenvalue weighted by atomic mass is 32.1. The lowest BCUT2D eigenvalue weighted by Crippen LogP contribution is -2.14. The average molecular weight is 170 g/mol. The van der Waals surface area contributed by atoms with Crippen molar-refractivity contribution in [1.82, 2.24) is 10.3 Å². The lowest BCUT2D eigenvalue weighted by Gasteiger charge is -1.96. The molecule has 60 valence electrons. The van der Waals surface area contributed by atoms with Gasteiger partial charge in [-0.1, -0.05) is 11.3 Å². The second-order valence-electron chi connectivity index (χ2n) is 2.80. The molecule has 1 heterocycles. The standard InChI is InChI=1S/C7H10N2OS/c10-7-9-4-6(11-7)3-8-5-1-2-5/h4-5,8H,1-3H2,(H,9,10). The van der Waals surface area contributed by atoms with Crippen LogP contribution in [-0.2, 0) is 6.54 Å². The van der Waals surface area contributed by atoms with Crippen LogP contribution in [-0.4, -0.2) is 11.0 Å². The zero-order chi connectivity index (χ0) is 7.68. The second-order valence-corrected chi connectivity index (χ2v) is 3.90. The Morgan fingerprint density at radius 3 is 3.09 bits per heavy atom. The molecule has 1 aliphatic rings. The average Bonchev–Trinajstić information content (AvgIpc) is 2.72. The van der Waals surface area contributed by atoms with Gasteiger partial charge in [-0.15, -0.1) is 0 Å². The van der Waals surface area contributed by atoms with Gasteiger partial charge in [0.15, 0.2) is 0 Å². The van der Waals surface area contributed by atoms with Gasteiger partial charge in [0.1, 0.15) is 0 Å². The molecule has 0 spiro atoms. The summed E-state index contributed by atoms with van der Waals surface area (Å²) in [5, 5.41) is 3.34. The van der Waals surface area contributed by atoms with Crippen molar-refractivity contribution >= 4 is 11.3 Å². The molecule has 0 bridgehead atoms. The van der Waals surface area contributed by atoms with E-state index in [1.807, 2.05) is 0 Å². The maximum Gasteiger partial charge on any atom is 0.304 e. The molecule has 0 saturated heterocycles. The number of thiazole rings is 1. The van der Waals surface area contributed by atoms with Crippen molar-refractivity contribution in [3.8, 4) is 0 Å². The number of hydrogen-bond donors (Lipinski definition) is 2. The third kappa shape index (κ3) is 1.91. The van der Waals surface area contributed by atoms with Gasteiger partial charge in [-0.2, -0.15) is 0 Å². The Hall–Kier alpha value is -0.610. The molecule has 11 heavy (non-hydrogen) atoms. The highest BCUT2D eigenvalue weighted by molar-refractivity contribution is 7.09. The zero-order valence-corrected chi connectivity index (χ0v) is 6.91. The monoisotopic (exact) mass is 170 g/mol. The van der Waals surface area contributed by atoms with Crippen LogP contribution in [0.1, 0.15) is 17.7 Å². The summed E-state index contributed by atoms with van der Waals surface area (Å²) in [7, 11) is 0. The van der Waals surface area contributed by atoms with Gasteiger partial charge < -0.3 is 10.3 Å². The van der Waals surface area contributed by atoms with Crippen molar-refractivity contribution in [3.05, 3.63) is 20.7 Å². The Balaban J connectivity index is 1.89. The molecule has 0 atom stereocenters. The van der Waals surface area contributed by atoms with Gasteiger partial charge in [0.05, 0.1) is 0 Å². The van der Waals surface area contributed by atoms with Crippen molar-refractivity contribution in [2.75, 3.05) is 0 Å². The SMILES string of the molecule is O=c1[nH]cc(CNC2CC2)s1. The van der Waals surface area contributed by atoms with Crippen LogP contribution >= 0.6 is 11.3 Å². The van der Waals surface area contributed by atoms with Crippen LogP contribution in [0.15, 0.2) is 11.0 Å². The molecule has 1 fully saturated rings. The molecular formula is C7H10N2OS. The Morgan fingerprint density at radius 2 is 2.55 bits per heavy atom. The summed E-state index contributed by atoms with van der Waals surface area (Å²) in [6, 6.07) is 0.715. The number of rotatable bonds is 3. The van der Waals surface area contributed by atoms with Crippen molar-refractivity contribution < 1.29 is 0 Å². The van der Waals surface area contributed by atoms with E-state index >= 15 is 0 Å². The number of H-pyrrole nitrogens is 1. The lowest BCUT2D eigenvalue weighted by atomic mass is 10.5. The van der Waals surface area contributed by atoms with E-state index in [4.69, 9.17) is 0 Å². The topological polar surface area (TPSA) is 44.9 Å². The first-order valence-corrected chi connectivity index (χ1v) is 4.57. The molecule has 3 nitrogen and oxygen atoms in total. The van der Waals surface area contributed by atoms with E-state index in [-0.39, 0.29) is 4.87 Å². The van der Waals surface area contributed by atoms with Gasteiger partial charge in [-0.05, 0) is 12.8 Å². The molecule has 2 rings (SSSR count). The molecule has 0 amide bonds. The van der Waals surface area contributed by atoms with E-state index in [0.29, 0.717) is 6.04 Å². The van der Waals surface area contributed by atoms with Crippen molar-refractivity contribution in [3.63, 3.8) is 0 Å². The van der Waals surface area contributed by atoms with Crippen molar-refractivity contribution in [2.45, 2.75) is 25.4 Å². The molecule has 1 aromatic heterocycles. The first kappa shape index (κ1) is 7.06. The first-order chi connectivity index (χ1) is 5.34. The summed E-state index contributed by atoms with van der Waals surface area (Å²) in [6.07, 6.45) is 4.36. The van der Waals surface area contributed by atoms with Gasteiger partial charge in [-0.3, -0.25) is 4.79 Å². The van der Waals surface area contributed by atoms with Crippen LogP contribution in [0.25, 0.3) is 0 Å². The minimum absolute atomic E-state index is 0.0394. The van der Waals surface area contributed by atoms with E-state index < -0.39 is 0 Å². The smallest absolute Gasteiger partial charge is 0.304 e. The Bertz CT molecular complexity index is 287. The molecule has 0 radical (unpaired) electrons. The van der Waals surface area contributed by atoms with Crippen LogP contribution in [0.3, 0.4) is 0 Å². The molecule has 1 saturated carbocycles. The largest absolute Gasteiger partial charge is 0.319 e. The van der Waals surface area contributed by atoms with Crippen LogP contribution in [0, 0.1) is 0 Å². The molecule has 4 heteroatoms. The first-order valence-electron chi connectivity index (χ1n) is 3.75. The third-order valence-electron chi connectivity index (χ3n) is 1.72. The minimum Gasteiger partial charge on any atom is -0.319 e. The zero-order valence-electron chi connectivity index (χ0n) is 6.09. The van der Waals surface area contributed by atoms with Crippen molar-refractivity contribution in [2.24, 2.45) is 0 Å². The number of aromatic nitrogens is 1. The summed E-state index contributed by atoms with van der Waals surface area (Å²) in [5.74, 6) is 0. The molecule has 0 unspecified atom stereocenters. The molecule has 0 aromatic carbocycles. The normalized spacial score (nSPS) is 17.1. The quantitative estimate of drug-likeness (QED) is 0.701. The van der Waals surface area contributed by atoms with E-state index in [0.717, 1.165) is 11.4 Å². The van der Waals surface area contributed by atoms with E-state index in [9.17, 15) is 4.79 Å². The fourth-order valence-corrected chi connectivity index (χ4v) is 1.57. The fourth-order valence-electron chi connectivity index (χ4n) is 0.937. The van der Waals surface area contributed by atoms with Gasteiger partial charge in [-0.25, -0.2) is 0 Å². The fraction of sp³-hybridized carbons (Fsp3) is 0.571. The predicted octanol–water partition coefficient (Wildman–Crippen LogP) is 0.688. The van der Waals surface area contributed by atoms with E-state index in [2.05, 4.69) is 10.3 Å². The van der Waals surface area contributed by atoms with E-state index in [1.54, 1.807) is 6.20 Å². The summed E-state index contributed by atoms with van der Waals surface area (Å²) >= 11 is 1.28. The summed E-state index contributed by atoms with van der Waals surface area (Å²) in [4.78, 5) is 14.5. The molecule has 1 aromatic rings. The maximum atomic E-state index is 10.7. The summed E-state index contributed by atoms with van der Waals surface area (Å²) in [5.41, 5.74) is 0. The predicted molar refractivity (Wildman–Crippen MR) is 44.8 cm³/mol. The lowest BCUT2D eigenvalue weighted by molar-refractivity contribution is 0.694. The van der Waals surface area contributed by atoms with Gasteiger partial charge in [0, 0.05) is 23.7 Å². The second kappa shape index (κ2) is 2.79. The summed E-state index contributed by atoms with van der Waals surface area (Å²) in [6.45, 7) is 0.841. The molecule has 2 N–H and O–H groups in total. The van der Waals surface area contributed by atoms with E-state index in [1.165, 1.54) is 24.2 Å². The molecular weight excluding hydrogens is 160 g/mol. The Morgan fingerprint density at radius 1 is 1.73 bits per heavy atom. The van der Waals surface area contributed by atoms with Crippen LogP contribution < -0.4 is 10.2 Å². The number of aromatic amines is 1. The molecule has 0 aliphatic heterocycles. The van der Waals surface area contributed by atoms with Gasteiger partial charge >= 0.3 is 4.87 Å². The van der Waals surface area contributed by atoms with Crippen LogP contribution in [0.5, 0.6) is 0 Å². The van der Waals surface area contributed by atoms with Crippen LogP contribution in [0.4, 0.5) is 0 Å². The minimum atomic E-state index is 0.0394. The van der Waals surface area contributed by atoms with Crippen molar-refractivity contribution in [1.29, 1.82) is 0 Å². The highest BCUT2D eigenvalue weighted by Gasteiger charge is 2.20. The Labute approximate surface area is 68.5 Å². The Kier molecular flexibility index (Phi) is 1.79. The van der Waals surface area contributed by atoms with Gasteiger partial charge in [0.25, 0.3) is 0 Å². The number of nitrogens with one attached hydrogen (secondary N) is 2. The molecule has 1 aliphatic carbocycles. The maximum absolute atomic E-state index is 10.7. The highest BCUT2D eigenvalue weighted by Crippen LogP contribution is 2.19. The number of hydrogen-bond acceptors (Lipinski definition) is 3. The van der Waals surface area contributed by atoms with Crippen LogP contribution in [0.2, 0.25) is 0 Å². The van der Waals surface area contributed by atoms with Gasteiger partial charge in [0.2, 0.25) is 0 Å². The third-order valence-corrected chi connectivity index (χ3v) is 2.54. The summed E-state index contributed by atoms with van der Waals surface area (Å²) < 4.78 is 0.